The van der Waals surface area contributed by atoms with Crippen LogP contribution < -0.4 is 5.32 Å². The summed E-state index contributed by atoms with van der Waals surface area (Å²) < 4.78 is 0. The summed E-state index contributed by atoms with van der Waals surface area (Å²) in [5, 5.41) is 4.65. The van der Waals surface area contributed by atoms with Gasteiger partial charge in [0.25, 0.3) is 0 Å². The van der Waals surface area contributed by atoms with Crippen molar-refractivity contribution in [1.82, 2.24) is 5.32 Å². The lowest BCUT2D eigenvalue weighted by Crippen LogP contribution is -2.31. The molecule has 1 atom stereocenters. The SMILES string of the molecule is CCCNC(c1cc(C)cc(Cl)c1)C1CCC(CC)CC1. The standard InChI is InChI=1S/C19H30ClN/c1-4-10-21-19(16-8-6-15(5-2)7-9-16)17-11-14(3)12-18(20)13-17/h11-13,15-16,19,21H,4-10H2,1-3H3. The molecule has 1 aliphatic rings. The third-order valence-electron chi connectivity index (χ3n) is 4.98. The first-order chi connectivity index (χ1) is 10.1. The van der Waals surface area contributed by atoms with E-state index < -0.39 is 0 Å². The minimum Gasteiger partial charge on any atom is -0.310 e. The minimum atomic E-state index is 0.472. The lowest BCUT2D eigenvalue weighted by Gasteiger charge is -2.34. The van der Waals surface area contributed by atoms with E-state index in [1.807, 2.05) is 0 Å². The molecular formula is C19H30ClN. The third-order valence-corrected chi connectivity index (χ3v) is 5.20. The highest BCUT2D eigenvalue weighted by molar-refractivity contribution is 6.30. The van der Waals surface area contributed by atoms with Gasteiger partial charge in [0.2, 0.25) is 0 Å². The van der Waals surface area contributed by atoms with Crippen molar-refractivity contribution in [2.24, 2.45) is 11.8 Å². The van der Waals surface area contributed by atoms with E-state index >= 15 is 0 Å². The Morgan fingerprint density at radius 2 is 1.86 bits per heavy atom. The second-order valence-corrected chi connectivity index (χ2v) is 7.12. The normalized spacial score (nSPS) is 24.0. The number of hydrogen-bond acceptors (Lipinski definition) is 1. The summed E-state index contributed by atoms with van der Waals surface area (Å²) in [5.41, 5.74) is 2.65. The van der Waals surface area contributed by atoms with Crippen LogP contribution in [0.4, 0.5) is 0 Å². The topological polar surface area (TPSA) is 12.0 Å². The molecule has 0 aliphatic heterocycles. The maximum Gasteiger partial charge on any atom is 0.0411 e. The maximum absolute atomic E-state index is 6.29. The molecule has 0 amide bonds. The Morgan fingerprint density at radius 3 is 2.43 bits per heavy atom. The molecule has 1 fully saturated rings. The quantitative estimate of drug-likeness (QED) is 0.689. The molecule has 0 bridgehead atoms. The van der Waals surface area contributed by atoms with E-state index in [-0.39, 0.29) is 0 Å². The van der Waals surface area contributed by atoms with E-state index in [9.17, 15) is 0 Å². The molecule has 1 N–H and O–H groups in total. The molecule has 0 spiro atoms. The predicted octanol–water partition coefficient (Wildman–Crippen LogP) is 5.91. The molecule has 0 saturated heterocycles. The molecule has 21 heavy (non-hydrogen) atoms. The molecule has 118 valence electrons. The largest absolute Gasteiger partial charge is 0.310 e. The molecular weight excluding hydrogens is 278 g/mol. The van der Waals surface area contributed by atoms with Gasteiger partial charge in [-0.05, 0) is 67.8 Å². The summed E-state index contributed by atoms with van der Waals surface area (Å²) in [6.07, 6.45) is 8.02. The molecule has 1 aromatic rings. The zero-order valence-electron chi connectivity index (χ0n) is 13.8. The Balaban J connectivity index is 2.14. The van der Waals surface area contributed by atoms with Crippen LogP contribution in [-0.2, 0) is 0 Å². The lowest BCUT2D eigenvalue weighted by atomic mass is 9.76. The van der Waals surface area contributed by atoms with E-state index in [0.29, 0.717) is 6.04 Å². The Kier molecular flexibility index (Phi) is 6.57. The number of aryl methyl sites for hydroxylation is 1. The number of rotatable bonds is 6. The predicted molar refractivity (Wildman–Crippen MR) is 93.0 cm³/mol. The Bertz CT molecular complexity index is 415. The van der Waals surface area contributed by atoms with Crippen LogP contribution >= 0.6 is 11.6 Å². The van der Waals surface area contributed by atoms with E-state index in [4.69, 9.17) is 11.6 Å². The summed E-state index contributed by atoms with van der Waals surface area (Å²) in [7, 11) is 0. The smallest absolute Gasteiger partial charge is 0.0411 e. The van der Waals surface area contributed by atoms with Crippen molar-refractivity contribution in [3.8, 4) is 0 Å². The summed E-state index contributed by atoms with van der Waals surface area (Å²) in [5.74, 6) is 1.71. The number of halogens is 1. The number of hydrogen-bond donors (Lipinski definition) is 1. The van der Waals surface area contributed by atoms with Crippen molar-refractivity contribution in [1.29, 1.82) is 0 Å². The van der Waals surface area contributed by atoms with Crippen molar-refractivity contribution in [3.63, 3.8) is 0 Å². The molecule has 1 aliphatic carbocycles. The zero-order chi connectivity index (χ0) is 15.2. The first kappa shape index (κ1) is 16.8. The molecule has 0 heterocycles. The van der Waals surface area contributed by atoms with Crippen LogP contribution in [0.3, 0.4) is 0 Å². The fourth-order valence-corrected chi connectivity index (χ4v) is 4.03. The van der Waals surface area contributed by atoms with Crippen molar-refractivity contribution in [2.75, 3.05) is 6.54 Å². The van der Waals surface area contributed by atoms with Crippen LogP contribution in [0, 0.1) is 18.8 Å². The van der Waals surface area contributed by atoms with Gasteiger partial charge < -0.3 is 5.32 Å². The van der Waals surface area contributed by atoms with Crippen LogP contribution in [0.2, 0.25) is 5.02 Å². The summed E-state index contributed by atoms with van der Waals surface area (Å²) in [4.78, 5) is 0. The lowest BCUT2D eigenvalue weighted by molar-refractivity contribution is 0.219. The van der Waals surface area contributed by atoms with Gasteiger partial charge in [-0.2, -0.15) is 0 Å². The van der Waals surface area contributed by atoms with Crippen molar-refractivity contribution >= 4 is 11.6 Å². The summed E-state index contributed by atoms with van der Waals surface area (Å²) in [6.45, 7) is 7.80. The van der Waals surface area contributed by atoms with Crippen LogP contribution in [0.15, 0.2) is 18.2 Å². The van der Waals surface area contributed by atoms with Gasteiger partial charge >= 0.3 is 0 Å². The zero-order valence-corrected chi connectivity index (χ0v) is 14.5. The van der Waals surface area contributed by atoms with Gasteiger partial charge in [-0.15, -0.1) is 0 Å². The van der Waals surface area contributed by atoms with E-state index in [1.165, 1.54) is 49.7 Å². The van der Waals surface area contributed by atoms with Gasteiger partial charge in [0.1, 0.15) is 0 Å². The van der Waals surface area contributed by atoms with Gasteiger partial charge in [0.05, 0.1) is 0 Å². The van der Waals surface area contributed by atoms with Gasteiger partial charge in [0, 0.05) is 11.1 Å². The molecule has 2 rings (SSSR count). The third kappa shape index (κ3) is 4.72. The molecule has 0 aromatic heterocycles. The Morgan fingerprint density at radius 1 is 1.14 bits per heavy atom. The van der Waals surface area contributed by atoms with Crippen LogP contribution in [-0.4, -0.2) is 6.54 Å². The van der Waals surface area contributed by atoms with Crippen LogP contribution in [0.5, 0.6) is 0 Å². The van der Waals surface area contributed by atoms with Gasteiger partial charge in [-0.1, -0.05) is 50.8 Å². The highest BCUT2D eigenvalue weighted by atomic mass is 35.5. The molecule has 1 aromatic carbocycles. The number of nitrogens with one attached hydrogen (secondary N) is 1. The van der Waals surface area contributed by atoms with Crippen molar-refractivity contribution in [2.45, 2.75) is 65.3 Å². The van der Waals surface area contributed by atoms with E-state index in [2.05, 4.69) is 44.3 Å². The minimum absolute atomic E-state index is 0.472. The second-order valence-electron chi connectivity index (χ2n) is 6.68. The summed E-state index contributed by atoms with van der Waals surface area (Å²) >= 11 is 6.29. The van der Waals surface area contributed by atoms with Gasteiger partial charge in [-0.25, -0.2) is 0 Å². The monoisotopic (exact) mass is 307 g/mol. The number of benzene rings is 1. The fourth-order valence-electron chi connectivity index (χ4n) is 3.73. The average Bonchev–Trinajstić information content (AvgIpc) is 2.47. The van der Waals surface area contributed by atoms with E-state index in [0.717, 1.165) is 23.4 Å². The first-order valence-electron chi connectivity index (χ1n) is 8.64. The molecule has 1 saturated carbocycles. The highest BCUT2D eigenvalue weighted by Crippen LogP contribution is 2.38. The fraction of sp³-hybridized carbons (Fsp3) is 0.684. The maximum atomic E-state index is 6.29. The second kappa shape index (κ2) is 8.19. The Labute approximate surface area is 135 Å². The Hall–Kier alpha value is -0.530. The van der Waals surface area contributed by atoms with Gasteiger partial charge in [0.15, 0.2) is 0 Å². The van der Waals surface area contributed by atoms with Crippen LogP contribution in [0.1, 0.15) is 69.5 Å². The first-order valence-corrected chi connectivity index (χ1v) is 9.02. The van der Waals surface area contributed by atoms with E-state index in [1.54, 1.807) is 0 Å². The molecule has 0 radical (unpaired) electrons. The molecule has 1 unspecified atom stereocenters. The molecule has 1 nitrogen and oxygen atoms in total. The van der Waals surface area contributed by atoms with Gasteiger partial charge in [-0.3, -0.25) is 0 Å². The summed E-state index contributed by atoms with van der Waals surface area (Å²) in [6, 6.07) is 7.00. The van der Waals surface area contributed by atoms with Crippen molar-refractivity contribution < 1.29 is 0 Å². The average molecular weight is 308 g/mol. The van der Waals surface area contributed by atoms with Crippen molar-refractivity contribution in [3.05, 3.63) is 34.3 Å². The van der Waals surface area contributed by atoms with Crippen LogP contribution in [0.25, 0.3) is 0 Å². The highest BCUT2D eigenvalue weighted by Gasteiger charge is 2.27. The molecule has 2 heteroatoms.